The molecule has 5 aromatic rings. The van der Waals surface area contributed by atoms with Gasteiger partial charge in [0.25, 0.3) is 5.91 Å². The Kier molecular flexibility index (Phi) is 8.84. The van der Waals surface area contributed by atoms with Crippen LogP contribution < -0.4 is 0 Å². The van der Waals surface area contributed by atoms with Gasteiger partial charge < -0.3 is 19.7 Å². The summed E-state index contributed by atoms with van der Waals surface area (Å²) < 4.78 is 12.2. The lowest BCUT2D eigenvalue weighted by atomic mass is 10.1. The van der Waals surface area contributed by atoms with Crippen LogP contribution >= 0.6 is 0 Å². The normalized spacial score (nSPS) is 11.7. The number of aromatic nitrogens is 4. The molecule has 0 saturated heterocycles. The van der Waals surface area contributed by atoms with Crippen LogP contribution in [0.2, 0.25) is 0 Å². The van der Waals surface area contributed by atoms with Crippen LogP contribution in [0.4, 0.5) is 0 Å². The standard InChI is InChI=1S/C19H18N2O4.C12H14N2O3/c1-19(2,18(23)24)25-12-15-14-10-6-7-11-16(14)21(20-15)17(22)13-8-4-3-5-9-13;1-12(2,11(15)16)17-7-10-8-5-3-4-6-9(8)13-14-10/h3-11H,12H2,1-2H3,(H,23,24);3-6H,7H2,1-2H3,(H,13,14)(H,15,16). The molecule has 0 bridgehead atoms. The van der Waals surface area contributed by atoms with Crippen LogP contribution in [0.1, 0.15) is 49.4 Å². The molecule has 0 saturated carbocycles. The van der Waals surface area contributed by atoms with Gasteiger partial charge in [-0.25, -0.2) is 9.59 Å². The van der Waals surface area contributed by atoms with E-state index in [4.69, 9.17) is 19.7 Å². The van der Waals surface area contributed by atoms with E-state index in [1.54, 1.807) is 30.3 Å². The molecule has 3 N–H and O–H groups in total. The summed E-state index contributed by atoms with van der Waals surface area (Å²) in [5, 5.41) is 31.2. The number of hydrogen-bond acceptors (Lipinski definition) is 7. The summed E-state index contributed by atoms with van der Waals surface area (Å²) in [6, 6.07) is 23.8. The molecule has 0 fully saturated rings. The average molecular weight is 573 g/mol. The Hall–Kier alpha value is -4.87. The van der Waals surface area contributed by atoms with Gasteiger partial charge in [0.05, 0.1) is 35.6 Å². The molecule has 11 heteroatoms. The predicted molar refractivity (Wildman–Crippen MR) is 155 cm³/mol. The highest BCUT2D eigenvalue weighted by atomic mass is 16.5. The number of fused-ring (bicyclic) bond motifs is 2. The molecule has 0 aliphatic carbocycles. The first-order chi connectivity index (χ1) is 19.9. The minimum absolute atomic E-state index is 0.00508. The summed E-state index contributed by atoms with van der Waals surface area (Å²) >= 11 is 0. The summed E-state index contributed by atoms with van der Waals surface area (Å²) in [5.74, 6) is -2.29. The van der Waals surface area contributed by atoms with Crippen molar-refractivity contribution in [3.8, 4) is 0 Å². The molecule has 0 atom stereocenters. The monoisotopic (exact) mass is 572 g/mol. The number of hydrogen-bond donors (Lipinski definition) is 3. The number of H-pyrrole nitrogens is 1. The van der Waals surface area contributed by atoms with Gasteiger partial charge in [0.2, 0.25) is 0 Å². The van der Waals surface area contributed by atoms with Crippen LogP contribution in [0.15, 0.2) is 78.9 Å². The quantitative estimate of drug-likeness (QED) is 0.220. The van der Waals surface area contributed by atoms with E-state index in [2.05, 4.69) is 15.3 Å². The molecule has 0 amide bonds. The van der Waals surface area contributed by atoms with Crippen molar-refractivity contribution < 1.29 is 34.1 Å². The number of carbonyl (C=O) groups excluding carboxylic acids is 1. The number of aliphatic carboxylic acids is 2. The van der Waals surface area contributed by atoms with Crippen molar-refractivity contribution in [1.29, 1.82) is 0 Å². The lowest BCUT2D eigenvalue weighted by molar-refractivity contribution is -0.163. The van der Waals surface area contributed by atoms with Crippen molar-refractivity contribution >= 4 is 39.7 Å². The molecule has 5 rings (SSSR count). The van der Waals surface area contributed by atoms with Gasteiger partial charge >= 0.3 is 11.9 Å². The number of rotatable bonds is 9. The van der Waals surface area contributed by atoms with Crippen molar-refractivity contribution in [2.45, 2.75) is 52.1 Å². The first-order valence-electron chi connectivity index (χ1n) is 13.1. The molecule has 3 aromatic carbocycles. The Labute approximate surface area is 241 Å². The molecule has 2 aromatic heterocycles. The molecular weight excluding hydrogens is 540 g/mol. The third kappa shape index (κ3) is 6.70. The van der Waals surface area contributed by atoms with Gasteiger partial charge in [-0.15, -0.1) is 0 Å². The molecular formula is C31H32N4O7. The van der Waals surface area contributed by atoms with E-state index in [0.29, 0.717) is 16.8 Å². The second-order valence-electron chi connectivity index (χ2n) is 10.5. The van der Waals surface area contributed by atoms with Crippen molar-refractivity contribution in [3.05, 3.63) is 95.8 Å². The maximum Gasteiger partial charge on any atom is 0.335 e. The number of carboxylic acids is 2. The van der Waals surface area contributed by atoms with Gasteiger partial charge in [0.1, 0.15) is 0 Å². The molecule has 0 aliphatic rings. The SMILES string of the molecule is CC(C)(OCc1[nH]nc2ccccc12)C(=O)O.CC(C)(OCc1nn(C(=O)c2ccccc2)c2ccccc12)C(=O)O. The van der Waals surface area contributed by atoms with Gasteiger partial charge in [-0.05, 0) is 52.0 Å². The molecule has 218 valence electrons. The fraction of sp³-hybridized carbons (Fsp3) is 0.258. The zero-order chi connectivity index (χ0) is 30.5. The Bertz CT molecular complexity index is 1720. The number of carbonyl (C=O) groups is 3. The summed E-state index contributed by atoms with van der Waals surface area (Å²) in [6.07, 6.45) is 0. The second kappa shape index (κ2) is 12.3. The summed E-state index contributed by atoms with van der Waals surface area (Å²) in [7, 11) is 0. The van der Waals surface area contributed by atoms with Crippen LogP contribution in [0.3, 0.4) is 0 Å². The van der Waals surface area contributed by atoms with Crippen LogP contribution in [0, 0.1) is 0 Å². The third-order valence-electron chi connectivity index (χ3n) is 6.59. The van der Waals surface area contributed by atoms with Crippen molar-refractivity contribution in [2.24, 2.45) is 0 Å². The van der Waals surface area contributed by atoms with Crippen LogP contribution in [0.25, 0.3) is 21.8 Å². The van der Waals surface area contributed by atoms with Crippen LogP contribution in [-0.2, 0) is 32.3 Å². The van der Waals surface area contributed by atoms with E-state index < -0.39 is 23.1 Å². The van der Waals surface area contributed by atoms with E-state index in [0.717, 1.165) is 22.0 Å². The minimum atomic E-state index is -1.34. The first-order valence-corrected chi connectivity index (χ1v) is 13.1. The number of ether oxygens (including phenoxy) is 2. The number of aromatic amines is 1. The van der Waals surface area contributed by atoms with Crippen molar-refractivity contribution in [2.75, 3.05) is 0 Å². The van der Waals surface area contributed by atoms with Crippen LogP contribution in [0.5, 0.6) is 0 Å². The third-order valence-corrected chi connectivity index (χ3v) is 6.59. The Balaban J connectivity index is 0.000000208. The molecule has 0 unspecified atom stereocenters. The highest BCUT2D eigenvalue weighted by Crippen LogP contribution is 2.23. The van der Waals surface area contributed by atoms with E-state index in [1.807, 2.05) is 48.5 Å². The molecule has 11 nitrogen and oxygen atoms in total. The number of para-hydroxylation sites is 2. The van der Waals surface area contributed by atoms with Crippen LogP contribution in [-0.4, -0.2) is 59.2 Å². The predicted octanol–water partition coefficient (Wildman–Crippen LogP) is 5.05. The lowest BCUT2D eigenvalue weighted by Gasteiger charge is -2.19. The number of benzene rings is 3. The lowest BCUT2D eigenvalue weighted by Crippen LogP contribution is -2.34. The average Bonchev–Trinajstić information content (AvgIpc) is 3.57. The topological polar surface area (TPSA) is 157 Å². The Morgan fingerprint density at radius 2 is 1.31 bits per heavy atom. The number of nitrogens with zero attached hydrogens (tertiary/aromatic N) is 3. The Morgan fingerprint density at radius 3 is 1.95 bits per heavy atom. The molecule has 0 aliphatic heterocycles. The second-order valence-corrected chi connectivity index (χ2v) is 10.5. The minimum Gasteiger partial charge on any atom is -0.479 e. The highest BCUT2D eigenvalue weighted by Gasteiger charge is 2.29. The maximum atomic E-state index is 12.7. The van der Waals surface area contributed by atoms with Crippen molar-refractivity contribution in [1.82, 2.24) is 20.0 Å². The largest absolute Gasteiger partial charge is 0.479 e. The highest BCUT2D eigenvalue weighted by molar-refractivity contribution is 6.01. The van der Waals surface area contributed by atoms with Crippen molar-refractivity contribution in [3.63, 3.8) is 0 Å². The molecule has 0 radical (unpaired) electrons. The number of carboxylic acid groups (broad SMARTS) is 2. The zero-order valence-corrected chi connectivity index (χ0v) is 23.7. The molecule has 0 spiro atoms. The summed E-state index contributed by atoms with van der Waals surface area (Å²) in [4.78, 5) is 34.8. The summed E-state index contributed by atoms with van der Waals surface area (Å²) in [5.41, 5.74) is 0.793. The number of nitrogens with one attached hydrogen (secondary N) is 1. The van der Waals surface area contributed by atoms with Gasteiger partial charge in [-0.1, -0.05) is 54.6 Å². The van der Waals surface area contributed by atoms with E-state index in [1.165, 1.54) is 32.4 Å². The van der Waals surface area contributed by atoms with E-state index in [9.17, 15) is 14.4 Å². The maximum absolute atomic E-state index is 12.7. The summed E-state index contributed by atoms with van der Waals surface area (Å²) in [6.45, 7) is 6.18. The van der Waals surface area contributed by atoms with E-state index in [-0.39, 0.29) is 19.1 Å². The van der Waals surface area contributed by atoms with Gasteiger partial charge in [-0.2, -0.15) is 14.9 Å². The fourth-order valence-electron chi connectivity index (χ4n) is 3.84. The smallest absolute Gasteiger partial charge is 0.335 e. The van der Waals surface area contributed by atoms with Gasteiger partial charge in [0.15, 0.2) is 11.2 Å². The zero-order valence-electron chi connectivity index (χ0n) is 23.7. The first kappa shape index (κ1) is 30.1. The molecule has 42 heavy (non-hydrogen) atoms. The van der Waals surface area contributed by atoms with Gasteiger partial charge in [0, 0.05) is 16.3 Å². The fourth-order valence-corrected chi connectivity index (χ4v) is 3.84. The van der Waals surface area contributed by atoms with Gasteiger partial charge in [-0.3, -0.25) is 9.89 Å². The molecule has 2 heterocycles. The van der Waals surface area contributed by atoms with E-state index >= 15 is 0 Å². The Morgan fingerprint density at radius 1 is 0.762 bits per heavy atom.